The van der Waals surface area contributed by atoms with Gasteiger partial charge in [0.05, 0.1) is 10.5 Å². The summed E-state index contributed by atoms with van der Waals surface area (Å²) < 4.78 is 32.8. The lowest BCUT2D eigenvalue weighted by atomic mass is 9.86. The number of nitrogens with one attached hydrogen (secondary N) is 2. The molecule has 2 atom stereocenters. The molecule has 1 aliphatic rings. The van der Waals surface area contributed by atoms with Gasteiger partial charge < -0.3 is 10.1 Å². The lowest BCUT2D eigenvalue weighted by Gasteiger charge is -2.29. The number of aryl methyl sites for hydroxylation is 1. The van der Waals surface area contributed by atoms with Crippen LogP contribution in [0.15, 0.2) is 23.1 Å². The van der Waals surface area contributed by atoms with E-state index >= 15 is 0 Å². The average Bonchev–Trinajstić information content (AvgIpc) is 2.60. The van der Waals surface area contributed by atoms with Gasteiger partial charge in [-0.25, -0.2) is 17.9 Å². The van der Waals surface area contributed by atoms with Crippen LogP contribution in [0.5, 0.6) is 0 Å². The molecule has 0 radical (unpaired) electrons. The van der Waals surface area contributed by atoms with Crippen LogP contribution in [0.4, 0.5) is 0 Å². The van der Waals surface area contributed by atoms with E-state index in [4.69, 9.17) is 4.74 Å². The minimum atomic E-state index is -3.78. The molecule has 1 aromatic carbocycles. The van der Waals surface area contributed by atoms with Crippen molar-refractivity contribution in [3.05, 3.63) is 29.3 Å². The second kappa shape index (κ2) is 9.26. The van der Waals surface area contributed by atoms with E-state index in [1.807, 2.05) is 0 Å². The molecule has 0 spiro atoms. The topological polar surface area (TPSA) is 102 Å². The van der Waals surface area contributed by atoms with Crippen molar-refractivity contribution in [3.63, 3.8) is 0 Å². The molecule has 1 saturated carbocycles. The Morgan fingerprint density at radius 1 is 1.17 bits per heavy atom. The number of rotatable bonds is 6. The van der Waals surface area contributed by atoms with E-state index in [1.54, 1.807) is 33.8 Å². The number of sulfonamides is 1. The molecule has 7 nitrogen and oxygen atoms in total. The van der Waals surface area contributed by atoms with Crippen molar-refractivity contribution in [1.82, 2.24) is 10.0 Å². The molecule has 0 heterocycles. The van der Waals surface area contributed by atoms with Crippen molar-refractivity contribution in [3.8, 4) is 0 Å². The Balaban J connectivity index is 2.04. The molecule has 8 heteroatoms. The number of amides is 1. The summed E-state index contributed by atoms with van der Waals surface area (Å²) in [6, 6.07) is 4.38. The molecule has 1 aromatic rings. The van der Waals surface area contributed by atoms with Crippen molar-refractivity contribution in [1.29, 1.82) is 0 Å². The summed E-state index contributed by atoms with van der Waals surface area (Å²) in [6.45, 7) is 8.61. The molecule has 0 aromatic heterocycles. The van der Waals surface area contributed by atoms with E-state index in [2.05, 4.69) is 17.0 Å². The van der Waals surface area contributed by atoms with Crippen LogP contribution >= 0.6 is 0 Å². The van der Waals surface area contributed by atoms with Crippen LogP contribution in [-0.4, -0.2) is 38.5 Å². The lowest BCUT2D eigenvalue weighted by Crippen LogP contribution is -2.43. The number of hydrogen-bond acceptors (Lipinski definition) is 5. The number of carbonyl (C=O) groups excluding carboxylic acids is 2. The maximum absolute atomic E-state index is 12.5. The van der Waals surface area contributed by atoms with Gasteiger partial charge in [-0.2, -0.15) is 0 Å². The molecule has 1 amide bonds. The zero-order valence-electron chi connectivity index (χ0n) is 17.9. The predicted octanol–water partition coefficient (Wildman–Crippen LogP) is 2.92. The summed E-state index contributed by atoms with van der Waals surface area (Å²) >= 11 is 0. The fourth-order valence-electron chi connectivity index (χ4n) is 3.44. The van der Waals surface area contributed by atoms with Crippen molar-refractivity contribution in [2.75, 3.05) is 6.61 Å². The molecule has 2 N–H and O–H groups in total. The Bertz CT molecular complexity index is 858. The highest BCUT2D eigenvalue weighted by Crippen LogP contribution is 2.23. The predicted molar refractivity (Wildman–Crippen MR) is 111 cm³/mol. The summed E-state index contributed by atoms with van der Waals surface area (Å²) in [4.78, 5) is 24.6. The Kier molecular flexibility index (Phi) is 7.45. The van der Waals surface area contributed by atoms with Crippen LogP contribution in [0.25, 0.3) is 0 Å². The number of carbonyl (C=O) groups is 2. The van der Waals surface area contributed by atoms with E-state index in [1.165, 1.54) is 18.6 Å². The molecule has 0 aliphatic heterocycles. The normalized spacial score (nSPS) is 20.2. The summed E-state index contributed by atoms with van der Waals surface area (Å²) in [5, 5.41) is 2.93. The first-order valence-electron chi connectivity index (χ1n) is 10.0. The molecular weight excluding hydrogens is 392 g/mol. The largest absolute Gasteiger partial charge is 0.452 e. The number of benzene rings is 1. The second-order valence-electron chi connectivity index (χ2n) is 8.84. The third kappa shape index (κ3) is 6.82. The molecule has 1 aliphatic carbocycles. The van der Waals surface area contributed by atoms with E-state index in [9.17, 15) is 18.0 Å². The van der Waals surface area contributed by atoms with Crippen molar-refractivity contribution in [2.24, 2.45) is 5.92 Å². The molecule has 2 unspecified atom stereocenters. The quantitative estimate of drug-likeness (QED) is 0.684. The number of esters is 1. The third-order valence-corrected chi connectivity index (χ3v) is 6.73. The number of hydrogen-bond donors (Lipinski definition) is 2. The second-order valence-corrected chi connectivity index (χ2v) is 10.5. The monoisotopic (exact) mass is 424 g/mol. The summed E-state index contributed by atoms with van der Waals surface area (Å²) in [5.41, 5.74) is 0.0466. The first-order chi connectivity index (χ1) is 13.4. The van der Waals surface area contributed by atoms with Gasteiger partial charge in [0.15, 0.2) is 6.61 Å². The maximum atomic E-state index is 12.5. The van der Waals surface area contributed by atoms with Crippen LogP contribution in [-0.2, 0) is 19.6 Å². The molecule has 1 fully saturated rings. The summed E-state index contributed by atoms with van der Waals surface area (Å²) in [5.74, 6) is -0.655. The van der Waals surface area contributed by atoms with Crippen LogP contribution in [0.1, 0.15) is 69.3 Å². The molecule has 0 saturated heterocycles. The zero-order chi connectivity index (χ0) is 21.8. The highest BCUT2D eigenvalue weighted by molar-refractivity contribution is 7.89. The highest BCUT2D eigenvalue weighted by atomic mass is 32.2. The van der Waals surface area contributed by atoms with Crippen molar-refractivity contribution < 1.29 is 22.7 Å². The molecule has 0 bridgehead atoms. The van der Waals surface area contributed by atoms with Gasteiger partial charge in [0.1, 0.15) is 0 Å². The maximum Gasteiger partial charge on any atom is 0.338 e. The first kappa shape index (κ1) is 23.3. The summed E-state index contributed by atoms with van der Waals surface area (Å²) in [7, 11) is -3.78. The highest BCUT2D eigenvalue weighted by Gasteiger charge is 2.25. The van der Waals surface area contributed by atoms with Crippen molar-refractivity contribution >= 4 is 21.9 Å². The van der Waals surface area contributed by atoms with Gasteiger partial charge in [-0.1, -0.05) is 25.8 Å². The van der Waals surface area contributed by atoms with Gasteiger partial charge in [-0.15, -0.1) is 0 Å². The Morgan fingerprint density at radius 2 is 1.83 bits per heavy atom. The van der Waals surface area contributed by atoms with Gasteiger partial charge in [-0.3, -0.25) is 4.79 Å². The fraction of sp³-hybridized carbons (Fsp3) is 0.619. The van der Waals surface area contributed by atoms with Crippen LogP contribution in [0, 0.1) is 12.8 Å². The van der Waals surface area contributed by atoms with Gasteiger partial charge >= 0.3 is 5.97 Å². The Hall–Kier alpha value is -1.93. The minimum Gasteiger partial charge on any atom is -0.452 e. The SMILES string of the molecule is Cc1ccc(S(=O)(=O)NC(C)(C)C)cc1C(=O)OCC(=O)NC1CCCCC1C. The van der Waals surface area contributed by atoms with Gasteiger partial charge in [0.25, 0.3) is 5.91 Å². The molecule has 29 heavy (non-hydrogen) atoms. The Labute approximate surface area is 173 Å². The third-order valence-electron chi connectivity index (χ3n) is 4.97. The minimum absolute atomic E-state index is 0.0227. The zero-order valence-corrected chi connectivity index (χ0v) is 18.7. The average molecular weight is 425 g/mol. The molecule has 162 valence electrons. The van der Waals surface area contributed by atoms with E-state index in [0.717, 1.165) is 19.3 Å². The smallest absolute Gasteiger partial charge is 0.338 e. The van der Waals surface area contributed by atoms with E-state index < -0.39 is 28.1 Å². The number of ether oxygens (including phenoxy) is 1. The van der Waals surface area contributed by atoms with Crippen molar-refractivity contribution in [2.45, 2.75) is 76.8 Å². The van der Waals surface area contributed by atoms with Gasteiger partial charge in [0.2, 0.25) is 10.0 Å². The van der Waals surface area contributed by atoms with E-state index in [0.29, 0.717) is 11.5 Å². The standard InChI is InChI=1S/C21H32N2O5S/c1-14-10-11-16(29(26,27)23-21(3,4)5)12-17(14)20(25)28-13-19(24)22-18-9-7-6-8-15(18)2/h10-12,15,18,23H,6-9,13H2,1-5H3,(H,22,24). The van der Waals surface area contributed by atoms with E-state index in [-0.39, 0.29) is 22.4 Å². The fourth-order valence-corrected chi connectivity index (χ4v) is 4.88. The lowest BCUT2D eigenvalue weighted by molar-refractivity contribution is -0.125. The molecule has 2 rings (SSSR count). The Morgan fingerprint density at radius 3 is 2.45 bits per heavy atom. The van der Waals surface area contributed by atoms with Crippen LogP contribution < -0.4 is 10.0 Å². The van der Waals surface area contributed by atoms with Crippen LogP contribution in [0.2, 0.25) is 0 Å². The molecular formula is C21H32N2O5S. The van der Waals surface area contributed by atoms with Gasteiger partial charge in [0, 0.05) is 11.6 Å². The first-order valence-corrected chi connectivity index (χ1v) is 11.5. The summed E-state index contributed by atoms with van der Waals surface area (Å²) in [6.07, 6.45) is 4.26. The van der Waals surface area contributed by atoms with Gasteiger partial charge in [-0.05, 0) is 64.2 Å². The van der Waals surface area contributed by atoms with Crippen LogP contribution in [0.3, 0.4) is 0 Å².